The molecule has 1 rings (SSSR count). The SMILES string of the molecule is BCCCCC(CCNCc1ccc(Cl)c(Cl)c1)(NC)C(=O)O. The van der Waals surface area contributed by atoms with Crippen molar-refractivity contribution in [3.05, 3.63) is 33.8 Å². The minimum atomic E-state index is -0.861. The molecule has 128 valence electrons. The molecule has 1 unspecified atom stereocenters. The van der Waals surface area contributed by atoms with E-state index in [1.807, 2.05) is 12.1 Å². The van der Waals surface area contributed by atoms with Gasteiger partial charge in [-0.3, -0.25) is 4.79 Å². The second-order valence-corrected chi connectivity index (χ2v) is 6.58. The van der Waals surface area contributed by atoms with Gasteiger partial charge < -0.3 is 15.7 Å². The van der Waals surface area contributed by atoms with E-state index >= 15 is 0 Å². The number of carboxylic acid groups (broad SMARTS) is 1. The summed E-state index contributed by atoms with van der Waals surface area (Å²) in [6.07, 6.45) is 4.21. The maximum Gasteiger partial charge on any atom is 0.323 e. The monoisotopic (exact) mass is 358 g/mol. The van der Waals surface area contributed by atoms with E-state index in [2.05, 4.69) is 18.5 Å². The first-order chi connectivity index (χ1) is 10.9. The Kier molecular flexibility index (Phi) is 8.99. The van der Waals surface area contributed by atoms with Crippen molar-refractivity contribution in [2.45, 2.75) is 44.1 Å². The van der Waals surface area contributed by atoms with Crippen LogP contribution in [0.15, 0.2) is 18.2 Å². The number of carboxylic acids is 1. The van der Waals surface area contributed by atoms with Crippen LogP contribution >= 0.6 is 23.2 Å². The zero-order valence-electron chi connectivity index (χ0n) is 13.8. The van der Waals surface area contributed by atoms with Crippen LogP contribution in [0.3, 0.4) is 0 Å². The Morgan fingerprint density at radius 2 is 2.00 bits per heavy atom. The summed E-state index contributed by atoms with van der Waals surface area (Å²) in [5.41, 5.74) is 0.163. The van der Waals surface area contributed by atoms with E-state index in [1.54, 1.807) is 13.1 Å². The first kappa shape index (κ1) is 20.3. The van der Waals surface area contributed by atoms with E-state index < -0.39 is 11.5 Å². The number of nitrogens with one attached hydrogen (secondary N) is 2. The number of unbranched alkanes of at least 4 members (excludes halogenated alkanes) is 1. The highest BCUT2D eigenvalue weighted by Gasteiger charge is 2.35. The molecule has 1 aromatic carbocycles. The van der Waals surface area contributed by atoms with Gasteiger partial charge in [-0.05, 0) is 44.1 Å². The molecule has 0 aliphatic rings. The van der Waals surface area contributed by atoms with E-state index in [1.165, 1.54) is 0 Å². The molecule has 3 N–H and O–H groups in total. The highest BCUT2D eigenvalue weighted by Crippen LogP contribution is 2.23. The number of benzene rings is 1. The van der Waals surface area contributed by atoms with Crippen molar-refractivity contribution in [3.63, 3.8) is 0 Å². The van der Waals surface area contributed by atoms with Gasteiger partial charge in [0.25, 0.3) is 0 Å². The fourth-order valence-electron chi connectivity index (χ4n) is 2.56. The van der Waals surface area contributed by atoms with Crippen LogP contribution in [0.2, 0.25) is 16.4 Å². The van der Waals surface area contributed by atoms with E-state index in [4.69, 9.17) is 23.2 Å². The molecular weight excluding hydrogens is 334 g/mol. The lowest BCUT2D eigenvalue weighted by atomic mass is 9.87. The van der Waals surface area contributed by atoms with Gasteiger partial charge in [-0.2, -0.15) is 0 Å². The highest BCUT2D eigenvalue weighted by atomic mass is 35.5. The van der Waals surface area contributed by atoms with Crippen LogP contribution in [0.1, 0.15) is 31.2 Å². The number of likely N-dealkylation sites (N-methyl/N-ethyl adjacent to an activating group) is 1. The molecule has 0 heterocycles. The van der Waals surface area contributed by atoms with Gasteiger partial charge in [-0.25, -0.2) is 0 Å². The van der Waals surface area contributed by atoms with Crippen molar-refractivity contribution >= 4 is 37.0 Å². The number of rotatable bonds is 11. The first-order valence-corrected chi connectivity index (χ1v) is 8.77. The summed E-state index contributed by atoms with van der Waals surface area (Å²) < 4.78 is 0. The van der Waals surface area contributed by atoms with Crippen LogP contribution < -0.4 is 10.6 Å². The molecule has 7 heteroatoms. The molecular formula is C16H25BCl2N2O2. The summed E-state index contributed by atoms with van der Waals surface area (Å²) >= 11 is 11.9. The van der Waals surface area contributed by atoms with E-state index in [0.717, 1.165) is 24.7 Å². The van der Waals surface area contributed by atoms with Gasteiger partial charge in [-0.15, -0.1) is 0 Å². The van der Waals surface area contributed by atoms with Crippen LogP contribution in [0.25, 0.3) is 0 Å². The number of halogens is 2. The molecule has 0 bridgehead atoms. The van der Waals surface area contributed by atoms with Gasteiger partial charge in [0.1, 0.15) is 13.4 Å². The minimum Gasteiger partial charge on any atom is -0.480 e. The standard InChI is InChI=1S/C16H25BCl2N2O2/c1-20-16(15(22)23,6-2-3-8-17)7-9-21-11-12-4-5-13(18)14(19)10-12/h4-5,10,20-21H,2-3,6-9,11,17H2,1H3,(H,22,23). The molecule has 0 amide bonds. The summed E-state index contributed by atoms with van der Waals surface area (Å²) in [5, 5.41) is 16.9. The quantitative estimate of drug-likeness (QED) is 0.420. The maximum atomic E-state index is 11.7. The largest absolute Gasteiger partial charge is 0.480 e. The molecule has 0 aliphatic heterocycles. The zero-order chi connectivity index (χ0) is 17.3. The topological polar surface area (TPSA) is 61.4 Å². The van der Waals surface area contributed by atoms with Crippen molar-refractivity contribution < 1.29 is 9.90 Å². The second kappa shape index (κ2) is 10.2. The molecule has 0 fully saturated rings. The average molecular weight is 359 g/mol. The Bertz CT molecular complexity index is 517. The van der Waals surface area contributed by atoms with E-state index in [0.29, 0.717) is 36.0 Å². The molecule has 1 atom stereocenters. The summed E-state index contributed by atoms with van der Waals surface area (Å²) in [6, 6.07) is 5.49. The Morgan fingerprint density at radius 1 is 1.26 bits per heavy atom. The van der Waals surface area contributed by atoms with Crippen LogP contribution in [0.5, 0.6) is 0 Å². The third-order valence-electron chi connectivity index (χ3n) is 4.14. The van der Waals surface area contributed by atoms with Crippen LogP contribution in [0.4, 0.5) is 0 Å². The normalized spacial score (nSPS) is 13.7. The molecule has 0 spiro atoms. The fraction of sp³-hybridized carbons (Fsp3) is 0.562. The molecule has 0 saturated heterocycles. The second-order valence-electron chi connectivity index (χ2n) is 5.77. The Labute approximate surface area is 149 Å². The lowest BCUT2D eigenvalue weighted by molar-refractivity contribution is -0.145. The fourth-order valence-corrected chi connectivity index (χ4v) is 2.88. The van der Waals surface area contributed by atoms with Gasteiger partial charge in [0.15, 0.2) is 0 Å². The summed E-state index contributed by atoms with van der Waals surface area (Å²) in [6.45, 7) is 1.24. The first-order valence-electron chi connectivity index (χ1n) is 8.02. The van der Waals surface area contributed by atoms with Gasteiger partial charge in [-0.1, -0.05) is 48.4 Å². The van der Waals surface area contributed by atoms with Crippen molar-refractivity contribution in [2.24, 2.45) is 0 Å². The van der Waals surface area contributed by atoms with Gasteiger partial charge >= 0.3 is 5.97 Å². The predicted octanol–water partition coefficient (Wildman–Crippen LogP) is 2.74. The molecule has 0 aliphatic carbocycles. The number of hydrogen-bond donors (Lipinski definition) is 3. The maximum absolute atomic E-state index is 11.7. The zero-order valence-corrected chi connectivity index (χ0v) is 15.3. The van der Waals surface area contributed by atoms with Gasteiger partial charge in [0, 0.05) is 6.54 Å². The average Bonchev–Trinajstić information content (AvgIpc) is 2.53. The molecule has 0 saturated carbocycles. The molecule has 4 nitrogen and oxygen atoms in total. The van der Waals surface area contributed by atoms with Crippen molar-refractivity contribution in [1.29, 1.82) is 0 Å². The molecule has 0 aromatic heterocycles. The van der Waals surface area contributed by atoms with Crippen LogP contribution in [0, 0.1) is 0 Å². The van der Waals surface area contributed by atoms with E-state index in [9.17, 15) is 9.90 Å². The van der Waals surface area contributed by atoms with Crippen LogP contribution in [-0.4, -0.2) is 38.1 Å². The van der Waals surface area contributed by atoms with Crippen molar-refractivity contribution in [1.82, 2.24) is 10.6 Å². The minimum absolute atomic E-state index is 0.528. The molecule has 23 heavy (non-hydrogen) atoms. The lowest BCUT2D eigenvalue weighted by Crippen LogP contribution is -2.52. The summed E-state index contributed by atoms with van der Waals surface area (Å²) in [4.78, 5) is 11.7. The van der Waals surface area contributed by atoms with Crippen LogP contribution in [-0.2, 0) is 11.3 Å². The lowest BCUT2D eigenvalue weighted by Gasteiger charge is -2.29. The number of hydrogen-bond acceptors (Lipinski definition) is 3. The Balaban J connectivity index is 2.51. The summed E-state index contributed by atoms with van der Waals surface area (Å²) in [5.74, 6) is -0.785. The molecule has 1 aromatic rings. The Hall–Kier alpha value is -0.745. The number of carbonyl (C=O) groups is 1. The highest BCUT2D eigenvalue weighted by molar-refractivity contribution is 6.42. The molecule has 0 radical (unpaired) electrons. The van der Waals surface area contributed by atoms with Crippen molar-refractivity contribution in [2.75, 3.05) is 13.6 Å². The Morgan fingerprint density at radius 3 is 2.57 bits per heavy atom. The van der Waals surface area contributed by atoms with Gasteiger partial charge in [0.05, 0.1) is 10.0 Å². The van der Waals surface area contributed by atoms with Crippen molar-refractivity contribution in [3.8, 4) is 0 Å². The third-order valence-corrected chi connectivity index (χ3v) is 4.88. The predicted molar refractivity (Wildman–Crippen MR) is 99.4 cm³/mol. The van der Waals surface area contributed by atoms with E-state index in [-0.39, 0.29) is 0 Å². The number of aliphatic carboxylic acids is 1. The van der Waals surface area contributed by atoms with Gasteiger partial charge in [0.2, 0.25) is 0 Å². The smallest absolute Gasteiger partial charge is 0.323 e. The summed E-state index contributed by atoms with van der Waals surface area (Å²) in [7, 11) is 3.83. The third kappa shape index (κ3) is 6.34.